The van der Waals surface area contributed by atoms with E-state index in [1.54, 1.807) is 0 Å². The van der Waals surface area contributed by atoms with Crippen molar-refractivity contribution in [3.05, 3.63) is 4.91 Å². The first-order chi connectivity index (χ1) is 6.02. The van der Waals surface area contributed by atoms with E-state index in [2.05, 4.69) is 19.0 Å². The first kappa shape index (κ1) is 10.6. The van der Waals surface area contributed by atoms with E-state index < -0.39 is 0 Å². The van der Waals surface area contributed by atoms with Gasteiger partial charge in [0, 0.05) is 11.0 Å². The Morgan fingerprint density at radius 2 is 1.85 bits per heavy atom. The molecule has 0 aromatic heterocycles. The highest BCUT2D eigenvalue weighted by Gasteiger charge is 2.42. The molecule has 13 heavy (non-hydrogen) atoms. The average molecular weight is 184 g/mol. The molecule has 2 N–H and O–H groups in total. The van der Waals surface area contributed by atoms with Crippen LogP contribution in [0.1, 0.15) is 46.0 Å². The van der Waals surface area contributed by atoms with Gasteiger partial charge in [-0.15, -0.1) is 0 Å². The zero-order valence-corrected chi connectivity index (χ0v) is 8.68. The fraction of sp³-hybridized carbons (Fsp3) is 1.00. The van der Waals surface area contributed by atoms with Crippen molar-refractivity contribution in [1.29, 1.82) is 0 Å². The minimum atomic E-state index is -0.167. The van der Waals surface area contributed by atoms with Gasteiger partial charge in [0.1, 0.15) is 0 Å². The number of nitroso groups, excluding NO2 is 1. The second-order valence-electron chi connectivity index (χ2n) is 4.89. The Kier molecular flexibility index (Phi) is 3.06. The van der Waals surface area contributed by atoms with Gasteiger partial charge in [0.15, 0.2) is 0 Å². The van der Waals surface area contributed by atoms with Crippen LogP contribution in [0.3, 0.4) is 0 Å². The first-order valence-electron chi connectivity index (χ1n) is 5.10. The molecular weight excluding hydrogens is 164 g/mol. The lowest BCUT2D eigenvalue weighted by Gasteiger charge is -2.45. The summed E-state index contributed by atoms with van der Waals surface area (Å²) in [5, 5.41) is 3.00. The van der Waals surface area contributed by atoms with Gasteiger partial charge < -0.3 is 5.73 Å². The summed E-state index contributed by atoms with van der Waals surface area (Å²) in [6.45, 7) is 4.45. The van der Waals surface area contributed by atoms with Crippen LogP contribution in [0.4, 0.5) is 0 Å². The molecule has 0 heterocycles. The molecule has 3 nitrogen and oxygen atoms in total. The van der Waals surface area contributed by atoms with E-state index in [1.165, 1.54) is 19.3 Å². The minimum absolute atomic E-state index is 0.144. The summed E-state index contributed by atoms with van der Waals surface area (Å²) in [5.74, 6) is 0. The average Bonchev–Trinajstić information content (AvgIpc) is 2.05. The van der Waals surface area contributed by atoms with Crippen LogP contribution in [0.25, 0.3) is 0 Å². The molecule has 3 heteroatoms. The Hall–Kier alpha value is -0.440. The minimum Gasteiger partial charge on any atom is -0.325 e. The van der Waals surface area contributed by atoms with E-state index in [0.29, 0.717) is 6.54 Å². The van der Waals surface area contributed by atoms with Crippen LogP contribution in [0.5, 0.6) is 0 Å². The highest BCUT2D eigenvalue weighted by atomic mass is 16.3. The number of rotatable bonds is 3. The molecule has 0 amide bonds. The predicted molar refractivity (Wildman–Crippen MR) is 54.4 cm³/mol. The van der Waals surface area contributed by atoms with Crippen molar-refractivity contribution in [2.24, 2.45) is 16.3 Å². The lowest BCUT2D eigenvalue weighted by molar-refractivity contribution is 0.122. The van der Waals surface area contributed by atoms with E-state index in [-0.39, 0.29) is 11.0 Å². The number of nitrogens with two attached hydrogens (primary N) is 1. The van der Waals surface area contributed by atoms with Gasteiger partial charge in [0.2, 0.25) is 0 Å². The van der Waals surface area contributed by atoms with Crippen molar-refractivity contribution in [3.63, 3.8) is 0 Å². The lowest BCUT2D eigenvalue weighted by atomic mass is 9.65. The predicted octanol–water partition coefficient (Wildman–Crippen LogP) is 2.44. The summed E-state index contributed by atoms with van der Waals surface area (Å²) in [7, 11) is 0. The van der Waals surface area contributed by atoms with Crippen LogP contribution in [-0.4, -0.2) is 12.1 Å². The van der Waals surface area contributed by atoms with E-state index >= 15 is 0 Å². The maximum absolute atomic E-state index is 10.3. The molecule has 0 radical (unpaired) electrons. The van der Waals surface area contributed by atoms with Crippen LogP contribution < -0.4 is 5.73 Å². The van der Waals surface area contributed by atoms with Crippen molar-refractivity contribution in [2.75, 3.05) is 6.54 Å². The van der Waals surface area contributed by atoms with Gasteiger partial charge >= 0.3 is 0 Å². The first-order valence-corrected chi connectivity index (χ1v) is 5.10. The van der Waals surface area contributed by atoms with Gasteiger partial charge in [-0.3, -0.25) is 0 Å². The van der Waals surface area contributed by atoms with Gasteiger partial charge in [0.25, 0.3) is 0 Å². The maximum Gasteiger partial charge on any atom is 0.0879 e. The van der Waals surface area contributed by atoms with E-state index in [4.69, 9.17) is 5.73 Å². The molecule has 0 bridgehead atoms. The SMILES string of the molecule is CC(C)(CN=O)C1(N)CCCCC1. The van der Waals surface area contributed by atoms with Gasteiger partial charge in [-0.25, -0.2) is 0 Å². The van der Waals surface area contributed by atoms with Gasteiger partial charge in [0.05, 0.1) is 6.54 Å². The third kappa shape index (κ3) is 2.08. The van der Waals surface area contributed by atoms with Crippen molar-refractivity contribution in [2.45, 2.75) is 51.5 Å². The largest absolute Gasteiger partial charge is 0.325 e. The molecule has 0 saturated heterocycles. The zero-order chi connectivity index (χ0) is 9.95. The Labute approximate surface area is 80.1 Å². The summed E-state index contributed by atoms with van der Waals surface area (Å²) in [5.41, 5.74) is 6.01. The lowest BCUT2D eigenvalue weighted by Crippen LogP contribution is -2.55. The summed E-state index contributed by atoms with van der Waals surface area (Å²) in [6.07, 6.45) is 5.74. The summed E-state index contributed by atoms with van der Waals surface area (Å²) >= 11 is 0. The molecule has 0 aliphatic heterocycles. The standard InChI is InChI=1S/C10H20N2O/c1-9(2,8-12-13)10(11)6-4-3-5-7-10/h3-8,11H2,1-2H3. The van der Waals surface area contributed by atoms with E-state index in [9.17, 15) is 4.91 Å². The number of nitrogens with zero attached hydrogens (tertiary/aromatic N) is 1. The normalized spacial score (nSPS) is 22.7. The molecule has 0 unspecified atom stereocenters. The molecule has 0 aromatic rings. The van der Waals surface area contributed by atoms with Gasteiger partial charge in [-0.05, 0) is 12.8 Å². The molecule has 76 valence electrons. The Balaban J connectivity index is 2.69. The van der Waals surface area contributed by atoms with Gasteiger partial charge in [-0.2, -0.15) is 4.91 Å². The second-order valence-corrected chi connectivity index (χ2v) is 4.89. The highest BCUT2D eigenvalue weighted by molar-refractivity contribution is 5.00. The molecule has 0 atom stereocenters. The molecule has 1 rings (SSSR count). The van der Waals surface area contributed by atoms with Crippen molar-refractivity contribution >= 4 is 0 Å². The molecule has 1 fully saturated rings. The Bertz CT molecular complexity index is 183. The fourth-order valence-electron chi connectivity index (χ4n) is 2.18. The number of hydrogen-bond acceptors (Lipinski definition) is 3. The summed E-state index contributed by atoms with van der Waals surface area (Å²) in [4.78, 5) is 10.3. The maximum atomic E-state index is 10.3. The van der Waals surface area contributed by atoms with E-state index in [0.717, 1.165) is 12.8 Å². The monoisotopic (exact) mass is 184 g/mol. The molecule has 1 aliphatic rings. The molecule has 0 spiro atoms. The Morgan fingerprint density at radius 1 is 1.31 bits per heavy atom. The topological polar surface area (TPSA) is 55.5 Å². The van der Waals surface area contributed by atoms with Crippen LogP contribution in [-0.2, 0) is 0 Å². The number of hydrogen-bond donors (Lipinski definition) is 1. The smallest absolute Gasteiger partial charge is 0.0879 e. The highest BCUT2D eigenvalue weighted by Crippen LogP contribution is 2.40. The van der Waals surface area contributed by atoms with Crippen molar-refractivity contribution < 1.29 is 0 Å². The van der Waals surface area contributed by atoms with Crippen LogP contribution >= 0.6 is 0 Å². The summed E-state index contributed by atoms with van der Waals surface area (Å²) in [6, 6.07) is 0. The van der Waals surface area contributed by atoms with Crippen molar-refractivity contribution in [1.82, 2.24) is 0 Å². The Morgan fingerprint density at radius 3 is 2.31 bits per heavy atom. The summed E-state index contributed by atoms with van der Waals surface area (Å²) < 4.78 is 0. The zero-order valence-electron chi connectivity index (χ0n) is 8.68. The molecular formula is C10H20N2O. The van der Waals surface area contributed by atoms with Crippen molar-refractivity contribution in [3.8, 4) is 0 Å². The third-order valence-electron chi connectivity index (χ3n) is 3.55. The van der Waals surface area contributed by atoms with Crippen LogP contribution in [0.2, 0.25) is 0 Å². The fourth-order valence-corrected chi connectivity index (χ4v) is 2.18. The van der Waals surface area contributed by atoms with E-state index in [1.807, 2.05) is 0 Å². The van der Waals surface area contributed by atoms with Crippen LogP contribution in [0.15, 0.2) is 5.18 Å². The third-order valence-corrected chi connectivity index (χ3v) is 3.55. The second kappa shape index (κ2) is 3.74. The molecule has 1 saturated carbocycles. The molecule has 0 aromatic carbocycles. The quantitative estimate of drug-likeness (QED) is 0.685. The van der Waals surface area contributed by atoms with Crippen LogP contribution in [0, 0.1) is 10.3 Å². The molecule has 1 aliphatic carbocycles. The van der Waals surface area contributed by atoms with Gasteiger partial charge in [-0.1, -0.05) is 38.3 Å².